The highest BCUT2D eigenvalue weighted by Gasteiger charge is 2.22. The molecule has 1 aromatic carbocycles. The van der Waals surface area contributed by atoms with Crippen molar-refractivity contribution in [1.82, 2.24) is 14.9 Å². The lowest BCUT2D eigenvalue weighted by molar-refractivity contribution is 0.0919. The van der Waals surface area contributed by atoms with Gasteiger partial charge in [0.15, 0.2) is 0 Å². The number of halogens is 3. The van der Waals surface area contributed by atoms with E-state index in [9.17, 15) is 9.18 Å². The summed E-state index contributed by atoms with van der Waals surface area (Å²) in [5.41, 5.74) is 7.03. The highest BCUT2D eigenvalue weighted by atomic mass is 35.5. The molecule has 3 rings (SSSR count). The molecule has 0 aliphatic heterocycles. The summed E-state index contributed by atoms with van der Waals surface area (Å²) in [4.78, 5) is 16.5. The molecule has 132 valence electrons. The fraction of sp³-hybridized carbons (Fsp3) is 0.375. The van der Waals surface area contributed by atoms with Crippen molar-refractivity contribution in [3.05, 3.63) is 48.3 Å². The Morgan fingerprint density at radius 3 is 2.42 bits per heavy atom. The van der Waals surface area contributed by atoms with Gasteiger partial charge in [0, 0.05) is 17.8 Å². The molecule has 5 nitrogen and oxygen atoms in total. The summed E-state index contributed by atoms with van der Waals surface area (Å²) in [6, 6.07) is 6.36. The fourth-order valence-electron chi connectivity index (χ4n) is 2.79. The minimum atomic E-state index is -0.312. The highest BCUT2D eigenvalue weighted by molar-refractivity contribution is 5.93. The third kappa shape index (κ3) is 4.69. The molecule has 1 saturated carbocycles. The predicted octanol–water partition coefficient (Wildman–Crippen LogP) is 2.85. The molecule has 0 saturated heterocycles. The Morgan fingerprint density at radius 2 is 1.79 bits per heavy atom. The van der Waals surface area contributed by atoms with Crippen LogP contribution in [-0.4, -0.2) is 27.5 Å². The van der Waals surface area contributed by atoms with E-state index >= 15 is 0 Å². The lowest BCUT2D eigenvalue weighted by atomic mass is 9.92. The first-order valence-electron chi connectivity index (χ1n) is 7.48. The van der Waals surface area contributed by atoms with E-state index in [2.05, 4.69) is 10.3 Å². The first kappa shape index (κ1) is 20.4. The molecule has 0 atom stereocenters. The van der Waals surface area contributed by atoms with Crippen molar-refractivity contribution < 1.29 is 9.18 Å². The second-order valence-corrected chi connectivity index (χ2v) is 5.71. The number of hydrogen-bond donors (Lipinski definition) is 2. The monoisotopic (exact) mass is 374 g/mol. The molecule has 0 radical (unpaired) electrons. The minimum absolute atomic E-state index is 0. The molecular weight excluding hydrogens is 354 g/mol. The Morgan fingerprint density at radius 1 is 1.17 bits per heavy atom. The van der Waals surface area contributed by atoms with Gasteiger partial charge in [0.2, 0.25) is 0 Å². The van der Waals surface area contributed by atoms with Gasteiger partial charge >= 0.3 is 0 Å². The first-order chi connectivity index (χ1) is 10.6. The molecule has 3 N–H and O–H groups in total. The first-order valence-corrected chi connectivity index (χ1v) is 7.48. The van der Waals surface area contributed by atoms with Crippen LogP contribution in [0.4, 0.5) is 4.39 Å². The van der Waals surface area contributed by atoms with Gasteiger partial charge in [-0.2, -0.15) is 0 Å². The average Bonchev–Trinajstić information content (AvgIpc) is 3.00. The summed E-state index contributed by atoms with van der Waals surface area (Å²) in [5, 5.41) is 3.03. The van der Waals surface area contributed by atoms with E-state index in [4.69, 9.17) is 5.73 Å². The van der Waals surface area contributed by atoms with Gasteiger partial charge in [0.05, 0.1) is 12.5 Å². The molecular formula is C16H21Cl2FN4O. The van der Waals surface area contributed by atoms with Crippen molar-refractivity contribution in [3.8, 4) is 5.69 Å². The van der Waals surface area contributed by atoms with Crippen LogP contribution in [0.3, 0.4) is 0 Å². The summed E-state index contributed by atoms with van der Waals surface area (Å²) in [7, 11) is 0. The molecule has 0 bridgehead atoms. The maximum atomic E-state index is 13.0. The quantitative estimate of drug-likeness (QED) is 0.867. The fourth-order valence-corrected chi connectivity index (χ4v) is 2.79. The van der Waals surface area contributed by atoms with Crippen molar-refractivity contribution in [2.45, 2.75) is 37.8 Å². The van der Waals surface area contributed by atoms with Crippen LogP contribution in [0.15, 0.2) is 36.8 Å². The zero-order valence-electron chi connectivity index (χ0n) is 13.0. The van der Waals surface area contributed by atoms with Gasteiger partial charge in [-0.1, -0.05) is 0 Å². The number of nitrogens with two attached hydrogens (primary N) is 1. The molecule has 2 aromatic rings. The topological polar surface area (TPSA) is 72.9 Å². The van der Waals surface area contributed by atoms with Gasteiger partial charge in [-0.3, -0.25) is 9.36 Å². The lowest BCUT2D eigenvalue weighted by Gasteiger charge is -2.26. The van der Waals surface area contributed by atoms with E-state index in [-0.39, 0.29) is 48.6 Å². The number of nitrogens with zero attached hydrogens (tertiary/aromatic N) is 2. The van der Waals surface area contributed by atoms with Crippen molar-refractivity contribution in [2.24, 2.45) is 5.73 Å². The van der Waals surface area contributed by atoms with E-state index in [0.717, 1.165) is 25.7 Å². The number of benzene rings is 1. The zero-order chi connectivity index (χ0) is 15.5. The summed E-state index contributed by atoms with van der Waals surface area (Å²) in [6.07, 6.45) is 6.74. The van der Waals surface area contributed by atoms with Crippen LogP contribution >= 0.6 is 24.8 Å². The molecule has 0 spiro atoms. The number of imidazole rings is 1. The van der Waals surface area contributed by atoms with E-state index in [1.165, 1.54) is 18.3 Å². The van der Waals surface area contributed by atoms with Gasteiger partial charge in [-0.25, -0.2) is 9.37 Å². The lowest BCUT2D eigenvalue weighted by Crippen LogP contribution is -2.41. The Balaban J connectivity index is 0.00000144. The molecule has 1 fully saturated rings. The average molecular weight is 375 g/mol. The third-order valence-corrected chi connectivity index (χ3v) is 4.08. The van der Waals surface area contributed by atoms with Crippen molar-refractivity contribution in [2.75, 3.05) is 0 Å². The molecule has 1 amide bonds. The van der Waals surface area contributed by atoms with Crippen LogP contribution in [0, 0.1) is 5.82 Å². The maximum Gasteiger partial charge on any atom is 0.270 e. The van der Waals surface area contributed by atoms with Gasteiger partial charge in [-0.15, -0.1) is 24.8 Å². The van der Waals surface area contributed by atoms with Gasteiger partial charge in [0.25, 0.3) is 5.91 Å². The van der Waals surface area contributed by atoms with Crippen LogP contribution in [0.1, 0.15) is 36.2 Å². The van der Waals surface area contributed by atoms with E-state index in [1.54, 1.807) is 23.0 Å². The summed E-state index contributed by atoms with van der Waals surface area (Å²) in [6.45, 7) is 0. The van der Waals surface area contributed by atoms with Crippen molar-refractivity contribution in [1.29, 1.82) is 0 Å². The zero-order valence-corrected chi connectivity index (χ0v) is 14.7. The Hall–Kier alpha value is -1.63. The third-order valence-electron chi connectivity index (χ3n) is 4.08. The second kappa shape index (κ2) is 9.01. The number of aromatic nitrogens is 2. The molecule has 1 aliphatic rings. The minimum Gasteiger partial charge on any atom is -0.348 e. The van der Waals surface area contributed by atoms with Crippen LogP contribution < -0.4 is 11.1 Å². The van der Waals surface area contributed by atoms with Crippen LogP contribution in [0.5, 0.6) is 0 Å². The van der Waals surface area contributed by atoms with Crippen LogP contribution in [0.25, 0.3) is 5.69 Å². The SMILES string of the molecule is Cl.Cl.NC1CCC(NC(=O)c2cncn2-c2ccc(F)cc2)CC1. The molecule has 1 aliphatic carbocycles. The number of carbonyl (C=O) groups excluding carboxylic acids is 1. The smallest absolute Gasteiger partial charge is 0.270 e. The highest BCUT2D eigenvalue weighted by Crippen LogP contribution is 2.18. The Bertz CT molecular complexity index is 654. The summed E-state index contributed by atoms with van der Waals surface area (Å²) < 4.78 is 14.7. The molecule has 1 aromatic heterocycles. The van der Waals surface area contributed by atoms with E-state index in [0.29, 0.717) is 11.4 Å². The number of amides is 1. The number of rotatable bonds is 3. The number of carbonyl (C=O) groups is 1. The van der Waals surface area contributed by atoms with Gasteiger partial charge < -0.3 is 11.1 Å². The normalized spacial score (nSPS) is 19.8. The number of nitrogens with one attached hydrogen (secondary N) is 1. The molecule has 1 heterocycles. The van der Waals surface area contributed by atoms with Crippen LogP contribution in [-0.2, 0) is 0 Å². The predicted molar refractivity (Wildman–Crippen MR) is 95.7 cm³/mol. The molecule has 0 unspecified atom stereocenters. The van der Waals surface area contributed by atoms with Gasteiger partial charge in [0.1, 0.15) is 11.5 Å². The largest absolute Gasteiger partial charge is 0.348 e. The second-order valence-electron chi connectivity index (χ2n) is 5.71. The Labute approximate surface area is 152 Å². The molecule has 24 heavy (non-hydrogen) atoms. The van der Waals surface area contributed by atoms with Crippen molar-refractivity contribution in [3.63, 3.8) is 0 Å². The van der Waals surface area contributed by atoms with E-state index in [1.807, 2.05) is 0 Å². The summed E-state index contributed by atoms with van der Waals surface area (Å²) in [5.74, 6) is -0.476. The molecule has 8 heteroatoms. The Kier molecular flexibility index (Phi) is 7.66. The van der Waals surface area contributed by atoms with Crippen molar-refractivity contribution >= 4 is 30.7 Å². The maximum absolute atomic E-state index is 13.0. The van der Waals surface area contributed by atoms with E-state index < -0.39 is 0 Å². The van der Waals surface area contributed by atoms with Gasteiger partial charge in [-0.05, 0) is 49.9 Å². The van der Waals surface area contributed by atoms with Crippen LogP contribution in [0.2, 0.25) is 0 Å². The number of hydrogen-bond acceptors (Lipinski definition) is 3. The summed E-state index contributed by atoms with van der Waals surface area (Å²) >= 11 is 0. The standard InChI is InChI=1S/C16H19FN4O.2ClH/c17-11-1-7-14(8-2-11)21-10-19-9-15(21)16(22)20-13-5-3-12(18)4-6-13;;/h1-2,7-10,12-13H,3-6,18H2,(H,20,22);2*1H.